The molecule has 1 aliphatic heterocycles. The Morgan fingerprint density at radius 3 is 2.85 bits per heavy atom. The molecule has 7 heteroatoms. The number of hydrogen-bond acceptors (Lipinski definition) is 4. The molecule has 2 rings (SSSR count). The first kappa shape index (κ1) is 14.1. The molecule has 1 amide bonds. The van der Waals surface area contributed by atoms with Crippen molar-refractivity contribution >= 4 is 23.2 Å². The van der Waals surface area contributed by atoms with E-state index in [-0.39, 0.29) is 5.75 Å². The zero-order chi connectivity index (χ0) is 14.9. The van der Waals surface area contributed by atoms with E-state index in [4.69, 9.17) is 22.7 Å². The Morgan fingerprint density at radius 1 is 1.55 bits per heavy atom. The van der Waals surface area contributed by atoms with Crippen LogP contribution in [0.4, 0.5) is 0 Å². The molecule has 2 atom stereocenters. The van der Waals surface area contributed by atoms with Gasteiger partial charge >= 0.3 is 0 Å². The highest BCUT2D eigenvalue weighted by Gasteiger charge is 2.35. The number of aromatic hydroxyl groups is 1. The number of nitrogens with one attached hydrogen (secondary N) is 2. The summed E-state index contributed by atoms with van der Waals surface area (Å²) in [5, 5.41) is 15.8. The van der Waals surface area contributed by atoms with Gasteiger partial charge in [0.05, 0.1) is 13.2 Å². The summed E-state index contributed by atoms with van der Waals surface area (Å²) in [5.41, 5.74) is 6.59. The molecule has 1 aromatic carbocycles. The summed E-state index contributed by atoms with van der Waals surface area (Å²) < 4.78 is 5.06. The summed E-state index contributed by atoms with van der Waals surface area (Å²) in [4.78, 5) is 11.6. The highest BCUT2D eigenvalue weighted by Crippen LogP contribution is 2.34. The molecule has 1 heterocycles. The third-order valence-corrected chi connectivity index (χ3v) is 3.36. The number of carbonyl (C=O) groups excluding carboxylic acids is 1. The molecule has 1 aromatic rings. The van der Waals surface area contributed by atoms with Gasteiger partial charge in [-0.25, -0.2) is 0 Å². The summed E-state index contributed by atoms with van der Waals surface area (Å²) in [5.74, 6) is -0.852. The smallest absolute Gasteiger partial charge is 0.228 e. The standard InChI is InChI=1S/C13H15N3O3S/c1-6-10(12(14)18)11(16-13(20)15-6)7-3-4-8(17)9(5-7)19-2/h3-5,10-11,17H,1H2,2H3,(H2,14,18)(H2,15,16,20). The van der Waals surface area contributed by atoms with E-state index >= 15 is 0 Å². The molecular formula is C13H15N3O3S. The number of phenols is 1. The van der Waals surface area contributed by atoms with Crippen LogP contribution in [0.1, 0.15) is 11.6 Å². The average Bonchev–Trinajstić information content (AvgIpc) is 2.37. The van der Waals surface area contributed by atoms with E-state index in [0.717, 1.165) is 0 Å². The number of benzene rings is 1. The molecule has 0 saturated carbocycles. The molecular weight excluding hydrogens is 278 g/mol. The van der Waals surface area contributed by atoms with Crippen LogP contribution < -0.4 is 21.1 Å². The summed E-state index contributed by atoms with van der Waals surface area (Å²) in [6.07, 6.45) is 0. The van der Waals surface area contributed by atoms with Gasteiger partial charge in [0.25, 0.3) is 0 Å². The number of carbonyl (C=O) groups is 1. The fourth-order valence-corrected chi connectivity index (χ4v) is 2.44. The van der Waals surface area contributed by atoms with E-state index in [0.29, 0.717) is 22.1 Å². The third kappa shape index (κ3) is 2.53. The largest absolute Gasteiger partial charge is 0.504 e. The lowest BCUT2D eigenvalue weighted by atomic mass is 9.88. The number of methoxy groups -OCH3 is 1. The van der Waals surface area contributed by atoms with Crippen molar-refractivity contribution in [2.45, 2.75) is 6.04 Å². The molecule has 106 valence electrons. The molecule has 6 nitrogen and oxygen atoms in total. The Labute approximate surface area is 121 Å². The van der Waals surface area contributed by atoms with Gasteiger partial charge in [-0.3, -0.25) is 4.79 Å². The van der Waals surface area contributed by atoms with E-state index in [1.807, 2.05) is 0 Å². The van der Waals surface area contributed by atoms with Crippen LogP contribution in [0, 0.1) is 5.92 Å². The lowest BCUT2D eigenvalue weighted by molar-refractivity contribution is -0.121. The van der Waals surface area contributed by atoms with Crippen LogP contribution in [0.3, 0.4) is 0 Å². The molecule has 5 N–H and O–H groups in total. The predicted molar refractivity (Wildman–Crippen MR) is 78.1 cm³/mol. The second-order valence-corrected chi connectivity index (χ2v) is 4.82. The van der Waals surface area contributed by atoms with Crippen LogP contribution in [0.15, 0.2) is 30.5 Å². The van der Waals surface area contributed by atoms with Crippen molar-refractivity contribution in [1.82, 2.24) is 10.6 Å². The van der Waals surface area contributed by atoms with Crippen molar-refractivity contribution in [1.29, 1.82) is 0 Å². The van der Waals surface area contributed by atoms with Gasteiger partial charge < -0.3 is 26.2 Å². The Bertz CT molecular complexity index is 588. The van der Waals surface area contributed by atoms with Gasteiger partial charge in [0.2, 0.25) is 5.91 Å². The Morgan fingerprint density at radius 2 is 2.25 bits per heavy atom. The van der Waals surface area contributed by atoms with Crippen LogP contribution in [0.25, 0.3) is 0 Å². The van der Waals surface area contributed by atoms with E-state index < -0.39 is 17.9 Å². The number of hydrogen-bond donors (Lipinski definition) is 4. The first-order valence-corrected chi connectivity index (χ1v) is 6.27. The molecule has 0 radical (unpaired) electrons. The summed E-state index contributed by atoms with van der Waals surface area (Å²) in [6.45, 7) is 3.78. The van der Waals surface area contributed by atoms with Crippen molar-refractivity contribution in [3.8, 4) is 11.5 Å². The van der Waals surface area contributed by atoms with E-state index in [2.05, 4.69) is 17.2 Å². The van der Waals surface area contributed by atoms with E-state index in [1.54, 1.807) is 12.1 Å². The van der Waals surface area contributed by atoms with E-state index in [1.165, 1.54) is 13.2 Å². The maximum Gasteiger partial charge on any atom is 0.228 e. The molecule has 0 aliphatic carbocycles. The number of ether oxygens (including phenoxy) is 1. The molecule has 2 unspecified atom stereocenters. The molecule has 1 saturated heterocycles. The fraction of sp³-hybridized carbons (Fsp3) is 0.231. The average molecular weight is 293 g/mol. The molecule has 1 aliphatic rings. The monoisotopic (exact) mass is 293 g/mol. The number of nitrogens with two attached hydrogens (primary N) is 1. The van der Waals surface area contributed by atoms with Crippen molar-refractivity contribution in [3.05, 3.63) is 36.0 Å². The third-order valence-electron chi connectivity index (χ3n) is 3.14. The SMILES string of the molecule is C=C1NC(=S)NC(c2ccc(O)c(OC)c2)C1C(N)=O. The van der Waals surface area contributed by atoms with Gasteiger partial charge in [-0.1, -0.05) is 12.6 Å². The summed E-state index contributed by atoms with van der Waals surface area (Å²) in [6, 6.07) is 4.33. The van der Waals surface area contributed by atoms with Crippen molar-refractivity contribution in [2.75, 3.05) is 7.11 Å². The Kier molecular flexibility index (Phi) is 3.80. The van der Waals surface area contributed by atoms with Gasteiger partial charge in [0.1, 0.15) is 5.92 Å². The maximum absolute atomic E-state index is 11.6. The van der Waals surface area contributed by atoms with Crippen LogP contribution in [-0.4, -0.2) is 23.2 Å². The zero-order valence-electron chi connectivity index (χ0n) is 10.8. The normalized spacial score (nSPS) is 21.9. The lowest BCUT2D eigenvalue weighted by Gasteiger charge is -2.34. The number of phenolic OH excluding ortho intramolecular Hbond substituents is 1. The van der Waals surface area contributed by atoms with Crippen LogP contribution >= 0.6 is 12.2 Å². The van der Waals surface area contributed by atoms with Crippen LogP contribution in [-0.2, 0) is 4.79 Å². The number of thiocarbonyl (C=S) groups is 1. The minimum absolute atomic E-state index is 0.0159. The predicted octanol–water partition coefficient (Wildman–Crippen LogP) is 0.535. The molecule has 20 heavy (non-hydrogen) atoms. The highest BCUT2D eigenvalue weighted by molar-refractivity contribution is 7.80. The first-order valence-electron chi connectivity index (χ1n) is 5.86. The second kappa shape index (κ2) is 5.38. The number of amides is 1. The molecule has 0 bridgehead atoms. The highest BCUT2D eigenvalue weighted by atomic mass is 32.1. The maximum atomic E-state index is 11.6. The lowest BCUT2D eigenvalue weighted by Crippen LogP contribution is -2.52. The first-order chi connectivity index (χ1) is 9.43. The quantitative estimate of drug-likeness (QED) is 0.607. The van der Waals surface area contributed by atoms with Crippen molar-refractivity contribution in [3.63, 3.8) is 0 Å². The minimum Gasteiger partial charge on any atom is -0.504 e. The van der Waals surface area contributed by atoms with Gasteiger partial charge in [-0.15, -0.1) is 0 Å². The number of rotatable bonds is 3. The van der Waals surface area contributed by atoms with Gasteiger partial charge in [-0.05, 0) is 29.9 Å². The topological polar surface area (TPSA) is 96.6 Å². The fourth-order valence-electron chi connectivity index (χ4n) is 2.18. The van der Waals surface area contributed by atoms with Crippen molar-refractivity contribution in [2.24, 2.45) is 11.7 Å². The van der Waals surface area contributed by atoms with Crippen LogP contribution in [0.5, 0.6) is 11.5 Å². The number of primary amides is 1. The Hall–Kier alpha value is -2.28. The Balaban J connectivity index is 2.44. The zero-order valence-corrected chi connectivity index (χ0v) is 11.7. The molecule has 0 spiro atoms. The van der Waals surface area contributed by atoms with E-state index in [9.17, 15) is 9.90 Å². The molecule has 1 fully saturated rings. The molecule has 0 aromatic heterocycles. The van der Waals surface area contributed by atoms with Gasteiger partial charge in [0.15, 0.2) is 16.6 Å². The van der Waals surface area contributed by atoms with Gasteiger partial charge in [-0.2, -0.15) is 0 Å². The second-order valence-electron chi connectivity index (χ2n) is 4.41. The summed E-state index contributed by atoms with van der Waals surface area (Å²) >= 11 is 5.07. The van der Waals surface area contributed by atoms with Crippen molar-refractivity contribution < 1.29 is 14.6 Å². The van der Waals surface area contributed by atoms with Crippen LogP contribution in [0.2, 0.25) is 0 Å². The summed E-state index contributed by atoms with van der Waals surface area (Å²) in [7, 11) is 1.45. The van der Waals surface area contributed by atoms with Gasteiger partial charge in [0, 0.05) is 5.70 Å². The minimum atomic E-state index is -0.657.